The fourth-order valence-corrected chi connectivity index (χ4v) is 2.31. The molecule has 10 N–H and O–H groups in total. The SMILES string of the molecule is CN(C(=N)N=C(N)N)c1ccc(Cl)c(Cl)c1.CNc1ccc(Cl)c(Cl)c1.Cl.N#CN=C(N)N. The van der Waals surface area contributed by atoms with Gasteiger partial charge >= 0.3 is 0 Å². The van der Waals surface area contributed by atoms with Gasteiger partial charge in [0.15, 0.2) is 5.96 Å². The first-order valence-electron chi connectivity index (χ1n) is 8.40. The summed E-state index contributed by atoms with van der Waals surface area (Å²) in [6, 6.07) is 10.4. The molecule has 0 aromatic heterocycles. The normalized spacial score (nSPS) is 8.64. The molecule has 0 fully saturated rings. The van der Waals surface area contributed by atoms with E-state index in [1.807, 2.05) is 13.1 Å². The Morgan fingerprint density at radius 3 is 1.82 bits per heavy atom. The Morgan fingerprint density at radius 2 is 1.45 bits per heavy atom. The van der Waals surface area contributed by atoms with E-state index < -0.39 is 0 Å². The zero-order valence-electron chi connectivity index (χ0n) is 17.5. The zero-order valence-corrected chi connectivity index (χ0v) is 21.3. The minimum atomic E-state index is -0.197. The van der Waals surface area contributed by atoms with E-state index in [2.05, 4.69) is 15.3 Å². The Labute approximate surface area is 218 Å². The number of anilines is 2. The van der Waals surface area contributed by atoms with Crippen molar-refractivity contribution in [2.75, 3.05) is 24.3 Å². The van der Waals surface area contributed by atoms with E-state index in [0.29, 0.717) is 25.8 Å². The molecule has 0 aliphatic heterocycles. The number of aliphatic imine (C=N–C) groups is 2. The van der Waals surface area contributed by atoms with Gasteiger partial charge in [-0.3, -0.25) is 5.41 Å². The number of hydrogen-bond donors (Lipinski definition) is 6. The van der Waals surface area contributed by atoms with Crippen molar-refractivity contribution in [3.05, 3.63) is 56.5 Å². The molecule has 0 atom stereocenters. The summed E-state index contributed by atoms with van der Waals surface area (Å²) in [5.41, 5.74) is 21.4. The van der Waals surface area contributed by atoms with Crippen LogP contribution >= 0.6 is 58.8 Å². The van der Waals surface area contributed by atoms with Crippen LogP contribution in [-0.4, -0.2) is 32.0 Å². The standard InChI is InChI=1S/C9H11Cl2N5.C7H7Cl2N.C2H4N4.ClH/c1-16(9(14)15-8(12)13)5-2-3-6(10)7(11)4-5;1-10-5-2-3-6(8)7(9)4-5;3-1-6-2(4)5;/h2-4H,1H3,(H5,12,13,14,15);2-4,10H,1H3;(H4,4,5,6);1H. The molecule has 2 rings (SSSR count). The van der Waals surface area contributed by atoms with Crippen LogP contribution in [-0.2, 0) is 0 Å². The number of nitriles is 1. The lowest BCUT2D eigenvalue weighted by atomic mass is 10.3. The maximum Gasteiger partial charge on any atom is 0.225 e. The summed E-state index contributed by atoms with van der Waals surface area (Å²) in [5.74, 6) is -0.451. The molecular formula is C18H23Cl5N10. The van der Waals surface area contributed by atoms with Gasteiger partial charge in [-0.2, -0.15) is 10.3 Å². The fraction of sp³-hybridized carbons (Fsp3) is 0.111. The first-order chi connectivity index (χ1) is 14.9. The molecule has 0 aliphatic carbocycles. The highest BCUT2D eigenvalue weighted by atomic mass is 35.5. The number of nitrogens with two attached hydrogens (primary N) is 4. The molecule has 0 spiro atoms. The van der Waals surface area contributed by atoms with Crippen LogP contribution in [0, 0.1) is 16.9 Å². The van der Waals surface area contributed by atoms with Gasteiger partial charge in [0.1, 0.15) is 0 Å². The highest BCUT2D eigenvalue weighted by molar-refractivity contribution is 6.42. The van der Waals surface area contributed by atoms with Gasteiger partial charge in [-0.1, -0.05) is 46.4 Å². The Hall–Kier alpha value is -2.81. The molecule has 2 aromatic carbocycles. The van der Waals surface area contributed by atoms with Crippen molar-refractivity contribution in [3.63, 3.8) is 0 Å². The topological polar surface area (TPSA) is 192 Å². The van der Waals surface area contributed by atoms with E-state index in [0.717, 1.165) is 5.69 Å². The molecule has 0 unspecified atom stereocenters. The second kappa shape index (κ2) is 16.8. The van der Waals surface area contributed by atoms with Gasteiger partial charge in [0.25, 0.3) is 0 Å². The molecule has 0 bridgehead atoms. The summed E-state index contributed by atoms with van der Waals surface area (Å²) >= 11 is 23.0. The predicted octanol–water partition coefficient (Wildman–Crippen LogP) is 3.84. The van der Waals surface area contributed by atoms with Crippen LogP contribution in [0.1, 0.15) is 0 Å². The van der Waals surface area contributed by atoms with Crippen LogP contribution in [0.25, 0.3) is 0 Å². The van der Waals surface area contributed by atoms with Crippen LogP contribution in [0.2, 0.25) is 20.1 Å². The molecule has 10 nitrogen and oxygen atoms in total. The lowest BCUT2D eigenvalue weighted by Gasteiger charge is -2.17. The predicted molar refractivity (Wildman–Crippen MR) is 143 cm³/mol. The van der Waals surface area contributed by atoms with Crippen molar-refractivity contribution < 1.29 is 0 Å². The Balaban J connectivity index is 0. The number of nitrogens with one attached hydrogen (secondary N) is 2. The average Bonchev–Trinajstić information content (AvgIpc) is 2.72. The lowest BCUT2D eigenvalue weighted by Crippen LogP contribution is -2.30. The molecule has 0 radical (unpaired) electrons. The number of hydrogen-bond acceptors (Lipinski definition) is 4. The summed E-state index contributed by atoms with van der Waals surface area (Å²) < 4.78 is 0. The van der Waals surface area contributed by atoms with Crippen molar-refractivity contribution in [2.24, 2.45) is 32.9 Å². The maximum atomic E-state index is 7.64. The van der Waals surface area contributed by atoms with Crippen molar-refractivity contribution >= 4 is 88.1 Å². The molecule has 33 heavy (non-hydrogen) atoms. The Kier molecular flexibility index (Phi) is 16.5. The summed E-state index contributed by atoms with van der Waals surface area (Å²) in [5, 5.41) is 20.2. The van der Waals surface area contributed by atoms with E-state index in [1.165, 1.54) is 11.1 Å². The maximum absolute atomic E-state index is 7.64. The van der Waals surface area contributed by atoms with E-state index in [4.69, 9.17) is 80.0 Å². The first kappa shape index (κ1) is 32.4. The molecule has 2 aromatic rings. The molecule has 0 aliphatic rings. The smallest absolute Gasteiger partial charge is 0.225 e. The molecule has 0 saturated carbocycles. The minimum absolute atomic E-state index is 0. The quantitative estimate of drug-likeness (QED) is 0.184. The van der Waals surface area contributed by atoms with Gasteiger partial charge in [0.2, 0.25) is 18.1 Å². The van der Waals surface area contributed by atoms with Crippen molar-refractivity contribution in [2.45, 2.75) is 0 Å². The number of guanidine groups is 3. The van der Waals surface area contributed by atoms with E-state index in [-0.39, 0.29) is 30.3 Å². The largest absolute Gasteiger partial charge is 0.388 e. The van der Waals surface area contributed by atoms with Gasteiger partial charge in [0.05, 0.1) is 20.1 Å². The van der Waals surface area contributed by atoms with Gasteiger partial charge < -0.3 is 33.2 Å². The zero-order chi connectivity index (χ0) is 24.8. The second-order valence-corrected chi connectivity index (χ2v) is 7.16. The Morgan fingerprint density at radius 1 is 0.939 bits per heavy atom. The fourth-order valence-electron chi connectivity index (χ4n) is 1.72. The van der Waals surface area contributed by atoms with E-state index in [1.54, 1.807) is 37.4 Å². The summed E-state index contributed by atoms with van der Waals surface area (Å²) in [7, 11) is 3.48. The first-order valence-corrected chi connectivity index (χ1v) is 9.91. The van der Waals surface area contributed by atoms with E-state index in [9.17, 15) is 0 Å². The monoisotopic (exact) mass is 554 g/mol. The van der Waals surface area contributed by atoms with Gasteiger partial charge in [0, 0.05) is 25.5 Å². The number of nitrogens with zero attached hydrogens (tertiary/aromatic N) is 4. The third-order valence-corrected chi connectivity index (χ3v) is 4.71. The van der Waals surface area contributed by atoms with Crippen LogP contribution < -0.4 is 33.2 Å². The van der Waals surface area contributed by atoms with Gasteiger partial charge in [-0.05, 0) is 36.4 Å². The van der Waals surface area contributed by atoms with Crippen LogP contribution in [0.3, 0.4) is 0 Å². The number of benzene rings is 2. The summed E-state index contributed by atoms with van der Waals surface area (Å²) in [4.78, 5) is 7.99. The number of rotatable bonds is 2. The molecule has 15 heteroatoms. The van der Waals surface area contributed by atoms with Gasteiger partial charge in [-0.15, -0.1) is 17.4 Å². The van der Waals surface area contributed by atoms with Crippen molar-refractivity contribution in [1.29, 1.82) is 10.7 Å². The number of halogens is 5. The molecule has 0 saturated heterocycles. The van der Waals surface area contributed by atoms with Crippen LogP contribution in [0.15, 0.2) is 46.4 Å². The highest BCUT2D eigenvalue weighted by Gasteiger charge is 2.08. The highest BCUT2D eigenvalue weighted by Crippen LogP contribution is 2.27. The van der Waals surface area contributed by atoms with Gasteiger partial charge in [-0.25, -0.2) is 0 Å². The Bertz CT molecular complexity index is 1010. The molecule has 0 heterocycles. The third-order valence-electron chi connectivity index (χ3n) is 3.23. The van der Waals surface area contributed by atoms with E-state index >= 15 is 0 Å². The van der Waals surface area contributed by atoms with Crippen molar-refractivity contribution in [1.82, 2.24) is 0 Å². The third kappa shape index (κ3) is 13.4. The summed E-state index contributed by atoms with van der Waals surface area (Å²) in [6.45, 7) is 0. The minimum Gasteiger partial charge on any atom is -0.388 e. The molecule has 180 valence electrons. The lowest BCUT2D eigenvalue weighted by molar-refractivity contribution is 1.19. The van der Waals surface area contributed by atoms with Crippen LogP contribution in [0.4, 0.5) is 11.4 Å². The molecular weight excluding hydrogens is 534 g/mol. The second-order valence-electron chi connectivity index (χ2n) is 5.53. The van der Waals surface area contributed by atoms with Crippen molar-refractivity contribution in [3.8, 4) is 6.19 Å². The average molecular weight is 557 g/mol. The summed E-state index contributed by atoms with van der Waals surface area (Å²) in [6.07, 6.45) is 1.41. The van der Waals surface area contributed by atoms with Crippen LogP contribution in [0.5, 0.6) is 0 Å². The molecule has 0 amide bonds.